The van der Waals surface area contributed by atoms with Crippen molar-refractivity contribution in [3.05, 3.63) is 68.3 Å². The molecule has 2 aromatic carbocycles. The molecule has 1 amide bonds. The highest BCUT2D eigenvalue weighted by atomic mass is 35.5. The highest BCUT2D eigenvalue weighted by molar-refractivity contribution is 8.26. The molecule has 0 aliphatic carbocycles. The molecule has 0 unspecified atom stereocenters. The molecule has 3 rings (SSSR count). The number of hydrogen-bond acceptors (Lipinski definition) is 4. The molecule has 2 aromatic rings. The quantitative estimate of drug-likeness (QED) is 0.551. The normalized spacial score (nSPS) is 15.6. The summed E-state index contributed by atoms with van der Waals surface area (Å²) >= 11 is 18.6. The zero-order valence-electron chi connectivity index (χ0n) is 12.5. The van der Waals surface area contributed by atoms with Crippen LogP contribution in [0.4, 0.5) is 4.39 Å². The number of hydrogen-bond donors (Lipinski definition) is 1. The van der Waals surface area contributed by atoms with Crippen molar-refractivity contribution in [2.75, 3.05) is 0 Å². The first-order valence-electron chi connectivity index (χ1n) is 7.03. The molecule has 0 atom stereocenters. The van der Waals surface area contributed by atoms with Gasteiger partial charge in [0.25, 0.3) is 5.91 Å². The Kier molecular flexibility index (Phi) is 5.64. The predicted molar refractivity (Wildman–Crippen MR) is 104 cm³/mol. The van der Waals surface area contributed by atoms with E-state index in [2.05, 4.69) is 5.32 Å². The molecule has 128 valence electrons. The molecule has 8 heteroatoms. The number of amides is 1. The Bertz CT molecular complexity index is 862. The molecule has 0 spiro atoms. The summed E-state index contributed by atoms with van der Waals surface area (Å²) < 4.78 is 19.0. The summed E-state index contributed by atoms with van der Waals surface area (Å²) in [5, 5.41) is 3.16. The molecule has 25 heavy (non-hydrogen) atoms. The average Bonchev–Trinajstić information content (AvgIpc) is 2.86. The number of rotatable bonds is 4. The van der Waals surface area contributed by atoms with Crippen LogP contribution in [0.5, 0.6) is 5.75 Å². The van der Waals surface area contributed by atoms with Crippen LogP contribution >= 0.6 is 47.2 Å². The molecule has 1 N–H and O–H groups in total. The van der Waals surface area contributed by atoms with E-state index < -0.39 is 0 Å². The Balaban J connectivity index is 1.78. The Labute approximate surface area is 163 Å². The molecule has 1 fully saturated rings. The number of thioether (sulfide) groups is 1. The number of nitrogens with one attached hydrogen (secondary N) is 1. The van der Waals surface area contributed by atoms with Gasteiger partial charge in [-0.1, -0.05) is 59.3 Å². The smallest absolute Gasteiger partial charge is 0.263 e. The summed E-state index contributed by atoms with van der Waals surface area (Å²) in [6.07, 6.45) is 1.65. The van der Waals surface area contributed by atoms with Gasteiger partial charge in [-0.2, -0.15) is 0 Å². The van der Waals surface area contributed by atoms with Crippen molar-refractivity contribution in [3.63, 3.8) is 0 Å². The molecule has 3 nitrogen and oxygen atoms in total. The topological polar surface area (TPSA) is 38.3 Å². The maximum atomic E-state index is 12.9. The SMILES string of the molecule is O=C1NC(=S)SC1=Cc1cc(Cl)c(OCc2ccc(F)cc2)c(Cl)c1. The van der Waals surface area contributed by atoms with Gasteiger partial charge in [0.15, 0.2) is 5.75 Å². The van der Waals surface area contributed by atoms with E-state index in [4.69, 9.17) is 40.2 Å². The minimum absolute atomic E-state index is 0.201. The van der Waals surface area contributed by atoms with Crippen LogP contribution in [0, 0.1) is 5.82 Å². The van der Waals surface area contributed by atoms with Crippen molar-refractivity contribution in [2.24, 2.45) is 0 Å². The monoisotopic (exact) mass is 413 g/mol. The fraction of sp³-hybridized carbons (Fsp3) is 0.0588. The van der Waals surface area contributed by atoms with Gasteiger partial charge in [-0.15, -0.1) is 0 Å². The van der Waals surface area contributed by atoms with Gasteiger partial charge in [0.1, 0.15) is 16.7 Å². The first kappa shape index (κ1) is 18.2. The van der Waals surface area contributed by atoms with Gasteiger partial charge in [-0.3, -0.25) is 4.79 Å². The van der Waals surface area contributed by atoms with Crippen LogP contribution in [-0.4, -0.2) is 10.2 Å². The van der Waals surface area contributed by atoms with E-state index in [0.29, 0.717) is 30.6 Å². The van der Waals surface area contributed by atoms with E-state index in [1.165, 1.54) is 23.9 Å². The largest absolute Gasteiger partial charge is 0.486 e. The summed E-state index contributed by atoms with van der Waals surface area (Å²) in [5.41, 5.74) is 1.44. The van der Waals surface area contributed by atoms with E-state index in [0.717, 1.165) is 5.56 Å². The van der Waals surface area contributed by atoms with Crippen LogP contribution in [0.1, 0.15) is 11.1 Å². The lowest BCUT2D eigenvalue weighted by Crippen LogP contribution is -2.17. The minimum Gasteiger partial charge on any atom is -0.486 e. The highest BCUT2D eigenvalue weighted by Gasteiger charge is 2.22. The Hall–Kier alpha value is -1.60. The van der Waals surface area contributed by atoms with Crippen molar-refractivity contribution in [2.45, 2.75) is 6.61 Å². The average molecular weight is 414 g/mol. The number of thiocarbonyl (C=S) groups is 1. The summed E-state index contributed by atoms with van der Waals surface area (Å²) in [7, 11) is 0. The summed E-state index contributed by atoms with van der Waals surface area (Å²) in [5.74, 6) is -0.238. The van der Waals surface area contributed by atoms with Gasteiger partial charge in [0.05, 0.1) is 15.0 Å². The zero-order valence-corrected chi connectivity index (χ0v) is 15.7. The molecule has 1 heterocycles. The number of carbonyl (C=O) groups excluding carboxylic acids is 1. The Morgan fingerprint density at radius 2 is 1.84 bits per heavy atom. The van der Waals surface area contributed by atoms with Crippen LogP contribution < -0.4 is 10.1 Å². The molecule has 0 saturated carbocycles. The van der Waals surface area contributed by atoms with Crippen molar-refractivity contribution < 1.29 is 13.9 Å². The Morgan fingerprint density at radius 3 is 2.40 bits per heavy atom. The molecule has 0 aromatic heterocycles. The van der Waals surface area contributed by atoms with Crippen molar-refractivity contribution in [1.29, 1.82) is 0 Å². The van der Waals surface area contributed by atoms with Crippen LogP contribution in [0.25, 0.3) is 6.08 Å². The standard InChI is InChI=1S/C17H10Cl2FNO2S2/c18-12-5-10(7-14-16(22)21-17(24)25-14)6-13(19)15(12)23-8-9-1-3-11(20)4-2-9/h1-7H,8H2,(H,21,22,24). The Morgan fingerprint density at radius 1 is 1.20 bits per heavy atom. The lowest BCUT2D eigenvalue weighted by atomic mass is 10.2. The van der Waals surface area contributed by atoms with Crippen LogP contribution in [-0.2, 0) is 11.4 Å². The van der Waals surface area contributed by atoms with Gasteiger partial charge in [0, 0.05) is 0 Å². The highest BCUT2D eigenvalue weighted by Crippen LogP contribution is 2.36. The third kappa shape index (κ3) is 4.52. The van der Waals surface area contributed by atoms with Gasteiger partial charge in [-0.25, -0.2) is 4.39 Å². The van der Waals surface area contributed by atoms with Gasteiger partial charge in [-0.05, 0) is 41.5 Å². The maximum absolute atomic E-state index is 12.9. The number of carbonyl (C=O) groups is 1. The molecule has 1 saturated heterocycles. The molecule has 0 bridgehead atoms. The van der Waals surface area contributed by atoms with Gasteiger partial charge < -0.3 is 10.1 Å². The molecular formula is C17H10Cl2FNO2S2. The van der Waals surface area contributed by atoms with Crippen LogP contribution in [0.2, 0.25) is 10.0 Å². The maximum Gasteiger partial charge on any atom is 0.263 e. The van der Waals surface area contributed by atoms with Crippen LogP contribution in [0.15, 0.2) is 41.3 Å². The predicted octanol–water partition coefficient (Wildman–Crippen LogP) is 5.20. The summed E-state index contributed by atoms with van der Waals surface area (Å²) in [6.45, 7) is 0.201. The van der Waals surface area contributed by atoms with Gasteiger partial charge >= 0.3 is 0 Å². The van der Waals surface area contributed by atoms with E-state index in [-0.39, 0.29) is 18.3 Å². The second-order valence-electron chi connectivity index (χ2n) is 5.08. The fourth-order valence-corrected chi connectivity index (χ4v) is 3.77. The first-order valence-corrected chi connectivity index (χ1v) is 9.01. The molecule has 1 aliphatic rings. The van der Waals surface area contributed by atoms with Crippen molar-refractivity contribution >= 4 is 63.5 Å². The van der Waals surface area contributed by atoms with E-state index in [1.807, 2.05) is 0 Å². The lowest BCUT2D eigenvalue weighted by molar-refractivity contribution is -0.115. The zero-order chi connectivity index (χ0) is 18.0. The number of ether oxygens (including phenoxy) is 1. The molecule has 1 aliphatic heterocycles. The third-order valence-corrected chi connectivity index (χ3v) is 4.98. The number of halogens is 3. The summed E-state index contributed by atoms with van der Waals surface area (Å²) in [4.78, 5) is 12.2. The lowest BCUT2D eigenvalue weighted by Gasteiger charge is -2.11. The molecule has 0 radical (unpaired) electrons. The van der Waals surface area contributed by atoms with Crippen LogP contribution in [0.3, 0.4) is 0 Å². The minimum atomic E-state index is -0.314. The van der Waals surface area contributed by atoms with E-state index >= 15 is 0 Å². The second kappa shape index (κ2) is 7.74. The fourth-order valence-electron chi connectivity index (χ4n) is 2.11. The van der Waals surface area contributed by atoms with Crippen molar-refractivity contribution in [3.8, 4) is 5.75 Å². The van der Waals surface area contributed by atoms with E-state index in [9.17, 15) is 9.18 Å². The number of benzene rings is 2. The van der Waals surface area contributed by atoms with Gasteiger partial charge in [0.2, 0.25) is 0 Å². The summed E-state index contributed by atoms with van der Waals surface area (Å²) in [6, 6.07) is 9.24. The second-order valence-corrected chi connectivity index (χ2v) is 7.61. The van der Waals surface area contributed by atoms with E-state index in [1.54, 1.807) is 30.3 Å². The first-order chi connectivity index (χ1) is 11.9. The third-order valence-electron chi connectivity index (χ3n) is 3.26. The van der Waals surface area contributed by atoms with Crippen molar-refractivity contribution in [1.82, 2.24) is 5.32 Å². The molecular weight excluding hydrogens is 404 g/mol.